The average molecular weight is 432 g/mol. The van der Waals surface area contributed by atoms with Crippen molar-refractivity contribution in [3.8, 4) is 0 Å². The van der Waals surface area contributed by atoms with Crippen molar-refractivity contribution in [1.82, 2.24) is 20.7 Å². The van der Waals surface area contributed by atoms with Gasteiger partial charge in [0.1, 0.15) is 0 Å². The zero-order valence-corrected chi connectivity index (χ0v) is 20.4. The summed E-state index contributed by atoms with van der Waals surface area (Å²) in [6.45, 7) is 10.9. The molecule has 0 aliphatic carbocycles. The van der Waals surface area contributed by atoms with Crippen molar-refractivity contribution in [1.29, 1.82) is 0 Å². The van der Waals surface area contributed by atoms with Gasteiger partial charge >= 0.3 is 0 Å². The highest BCUT2D eigenvalue weighted by molar-refractivity contribution is 7.97. The van der Waals surface area contributed by atoms with Crippen LogP contribution in [0.5, 0.6) is 0 Å². The molecule has 0 spiro atoms. The molecule has 0 amide bonds. The largest absolute Gasteiger partial charge is 0.330 e. The molecule has 0 aromatic heterocycles. The second-order valence-electron chi connectivity index (χ2n) is 8.02. The Hall–Kier alpha value is 0.150. The Labute approximate surface area is 187 Å². The highest BCUT2D eigenvalue weighted by Crippen LogP contribution is 2.09. The molecule has 0 bridgehead atoms. The standard InChI is InChI=1S/C23H53N5S/c1-2-3-4-5-6-7-8-11-23-29-28-22-14-21-27-20-13-19-26-17-10-9-16-25-18-12-15-24/h25-28H,2-24H2,1H3. The third kappa shape index (κ3) is 28.2. The van der Waals surface area contributed by atoms with Crippen molar-refractivity contribution in [2.24, 2.45) is 5.73 Å². The predicted octanol–water partition coefficient (Wildman–Crippen LogP) is 4.04. The van der Waals surface area contributed by atoms with Crippen molar-refractivity contribution in [3.05, 3.63) is 0 Å². The molecule has 6 heteroatoms. The molecule has 0 radical (unpaired) electrons. The van der Waals surface area contributed by atoms with Crippen LogP contribution in [-0.2, 0) is 0 Å². The lowest BCUT2D eigenvalue weighted by Gasteiger charge is -2.08. The van der Waals surface area contributed by atoms with Crippen LogP contribution in [0.25, 0.3) is 0 Å². The molecule has 0 saturated heterocycles. The summed E-state index contributed by atoms with van der Waals surface area (Å²) in [6, 6.07) is 0. The van der Waals surface area contributed by atoms with Crippen molar-refractivity contribution >= 4 is 11.9 Å². The summed E-state index contributed by atoms with van der Waals surface area (Å²) in [5.41, 5.74) is 5.47. The van der Waals surface area contributed by atoms with Gasteiger partial charge in [-0.15, -0.1) is 0 Å². The average Bonchev–Trinajstić information content (AvgIpc) is 2.74. The molecule has 0 saturated carbocycles. The zero-order valence-electron chi connectivity index (χ0n) is 19.5. The first-order valence-corrected chi connectivity index (χ1v) is 13.6. The van der Waals surface area contributed by atoms with E-state index in [4.69, 9.17) is 5.73 Å². The number of nitrogens with two attached hydrogens (primary N) is 1. The van der Waals surface area contributed by atoms with Crippen LogP contribution < -0.4 is 26.4 Å². The van der Waals surface area contributed by atoms with Gasteiger partial charge in [-0.3, -0.25) is 4.72 Å². The van der Waals surface area contributed by atoms with Gasteiger partial charge in [0.15, 0.2) is 0 Å². The van der Waals surface area contributed by atoms with Crippen molar-refractivity contribution in [2.75, 3.05) is 58.1 Å². The molecule has 6 N–H and O–H groups in total. The first-order chi connectivity index (χ1) is 14.4. The number of nitrogens with one attached hydrogen (secondary N) is 4. The second-order valence-corrected chi connectivity index (χ2v) is 9.01. The van der Waals surface area contributed by atoms with E-state index in [0.29, 0.717) is 0 Å². The normalized spacial score (nSPS) is 11.4. The minimum atomic E-state index is 0.789. The fourth-order valence-corrected chi connectivity index (χ4v) is 3.96. The number of unbranched alkanes of at least 4 members (excludes halogenated alkanes) is 8. The highest BCUT2D eigenvalue weighted by atomic mass is 32.2. The smallest absolute Gasteiger partial charge is 0.00786 e. The molecular formula is C23H53N5S. The van der Waals surface area contributed by atoms with Gasteiger partial charge in [0.05, 0.1) is 0 Å². The van der Waals surface area contributed by atoms with Crippen molar-refractivity contribution in [3.63, 3.8) is 0 Å². The van der Waals surface area contributed by atoms with E-state index in [1.165, 1.54) is 82.8 Å². The third-order valence-corrected chi connectivity index (χ3v) is 5.96. The first-order valence-electron chi connectivity index (χ1n) is 12.6. The molecule has 0 aliphatic rings. The Bertz CT molecular complexity index is 256. The van der Waals surface area contributed by atoms with Crippen LogP contribution in [0.15, 0.2) is 0 Å². The summed E-state index contributed by atoms with van der Waals surface area (Å²) in [6.07, 6.45) is 17.3. The Kier molecular flexibility index (Phi) is 28.3. The van der Waals surface area contributed by atoms with Gasteiger partial charge in [-0.25, -0.2) is 0 Å². The maximum atomic E-state index is 5.47. The van der Waals surface area contributed by atoms with E-state index in [1.54, 1.807) is 0 Å². The van der Waals surface area contributed by atoms with E-state index in [-0.39, 0.29) is 0 Å². The van der Waals surface area contributed by atoms with Crippen molar-refractivity contribution in [2.45, 2.75) is 90.4 Å². The van der Waals surface area contributed by atoms with Crippen molar-refractivity contribution < 1.29 is 0 Å². The fraction of sp³-hybridized carbons (Fsp3) is 1.00. The van der Waals surface area contributed by atoms with Gasteiger partial charge < -0.3 is 21.7 Å². The maximum absolute atomic E-state index is 5.47. The lowest BCUT2D eigenvalue weighted by molar-refractivity contribution is 0.553. The van der Waals surface area contributed by atoms with Crippen LogP contribution in [0.3, 0.4) is 0 Å². The summed E-state index contributed by atoms with van der Waals surface area (Å²) < 4.78 is 3.50. The van der Waals surface area contributed by atoms with E-state index in [0.717, 1.165) is 58.8 Å². The Morgan fingerprint density at radius 2 is 1.00 bits per heavy atom. The SMILES string of the molecule is CCCCCCCCCCSNCCCNCCCNCCCCNCCCN. The Balaban J connectivity index is 2.97. The molecule has 29 heavy (non-hydrogen) atoms. The second kappa shape index (κ2) is 28.1. The minimum Gasteiger partial charge on any atom is -0.330 e. The first kappa shape index (κ1) is 29.1. The summed E-state index contributed by atoms with van der Waals surface area (Å²) in [5.74, 6) is 1.26. The van der Waals surface area contributed by atoms with E-state index in [2.05, 4.69) is 27.6 Å². The van der Waals surface area contributed by atoms with Crippen LogP contribution in [-0.4, -0.2) is 58.1 Å². The van der Waals surface area contributed by atoms with Gasteiger partial charge in [-0.2, -0.15) is 0 Å². The number of rotatable bonds is 26. The molecule has 0 aromatic carbocycles. The van der Waals surface area contributed by atoms with E-state index in [1.807, 2.05) is 11.9 Å². The van der Waals surface area contributed by atoms with Gasteiger partial charge in [0, 0.05) is 12.3 Å². The zero-order chi connectivity index (χ0) is 21.1. The summed E-state index contributed by atoms with van der Waals surface area (Å²) in [4.78, 5) is 0. The summed E-state index contributed by atoms with van der Waals surface area (Å²) >= 11 is 1.91. The molecule has 0 aromatic rings. The quantitative estimate of drug-likeness (QED) is 0.105. The fourth-order valence-electron chi connectivity index (χ4n) is 3.18. The van der Waals surface area contributed by atoms with Gasteiger partial charge in [-0.1, -0.05) is 63.8 Å². The minimum absolute atomic E-state index is 0.789. The molecule has 176 valence electrons. The van der Waals surface area contributed by atoms with Gasteiger partial charge in [0.2, 0.25) is 0 Å². The molecule has 0 fully saturated rings. The summed E-state index contributed by atoms with van der Waals surface area (Å²) in [7, 11) is 0. The van der Waals surface area contributed by atoms with Crippen LogP contribution in [0.4, 0.5) is 0 Å². The van der Waals surface area contributed by atoms with Crippen LogP contribution in [0.1, 0.15) is 90.4 Å². The lowest BCUT2D eigenvalue weighted by atomic mass is 10.1. The van der Waals surface area contributed by atoms with Gasteiger partial charge in [0.25, 0.3) is 0 Å². The molecule has 0 aliphatic heterocycles. The van der Waals surface area contributed by atoms with Crippen LogP contribution in [0, 0.1) is 0 Å². The van der Waals surface area contributed by atoms with E-state index < -0.39 is 0 Å². The van der Waals surface area contributed by atoms with Crippen LogP contribution in [0.2, 0.25) is 0 Å². The Morgan fingerprint density at radius 3 is 1.59 bits per heavy atom. The molecule has 0 unspecified atom stereocenters. The van der Waals surface area contributed by atoms with Crippen LogP contribution >= 0.6 is 11.9 Å². The lowest BCUT2D eigenvalue weighted by Crippen LogP contribution is -2.25. The third-order valence-electron chi connectivity index (χ3n) is 5.06. The Morgan fingerprint density at radius 1 is 0.517 bits per heavy atom. The number of hydrogen-bond donors (Lipinski definition) is 5. The maximum Gasteiger partial charge on any atom is 0.00786 e. The molecule has 0 rings (SSSR count). The number of hydrogen-bond acceptors (Lipinski definition) is 6. The van der Waals surface area contributed by atoms with E-state index >= 15 is 0 Å². The molecule has 0 atom stereocenters. The highest BCUT2D eigenvalue weighted by Gasteiger charge is 1.94. The molecular weight excluding hydrogens is 378 g/mol. The monoisotopic (exact) mass is 431 g/mol. The molecule has 5 nitrogen and oxygen atoms in total. The molecule has 0 heterocycles. The van der Waals surface area contributed by atoms with Gasteiger partial charge in [-0.05, 0) is 84.3 Å². The summed E-state index contributed by atoms with van der Waals surface area (Å²) in [5, 5.41) is 10.5. The van der Waals surface area contributed by atoms with E-state index in [9.17, 15) is 0 Å². The topological polar surface area (TPSA) is 74.1 Å². The predicted molar refractivity (Wildman–Crippen MR) is 134 cm³/mol.